The van der Waals surface area contributed by atoms with Crippen LogP contribution < -0.4 is 4.90 Å². The Bertz CT molecular complexity index is 2790. The summed E-state index contributed by atoms with van der Waals surface area (Å²) in [6, 6.07) is 65.1. The third kappa shape index (κ3) is 4.40. The van der Waals surface area contributed by atoms with E-state index >= 15 is 0 Å². The van der Waals surface area contributed by atoms with Crippen molar-refractivity contribution in [2.45, 2.75) is 19.3 Å². The van der Waals surface area contributed by atoms with Gasteiger partial charge in [0.05, 0.1) is 0 Å². The fourth-order valence-electron chi connectivity index (χ4n) is 8.43. The van der Waals surface area contributed by atoms with Gasteiger partial charge in [-0.3, -0.25) is 0 Å². The minimum absolute atomic E-state index is 0.0381. The van der Waals surface area contributed by atoms with Crippen LogP contribution in [0, 0.1) is 0 Å². The van der Waals surface area contributed by atoms with Gasteiger partial charge in [0.15, 0.2) is 0 Å². The first-order valence-electron chi connectivity index (χ1n) is 17.5. The maximum absolute atomic E-state index is 2.42. The highest BCUT2D eigenvalue weighted by Gasteiger charge is 2.35. The van der Waals surface area contributed by atoms with Crippen LogP contribution in [0.25, 0.3) is 65.3 Å². The molecule has 1 heteroatoms. The predicted molar refractivity (Wildman–Crippen MR) is 214 cm³/mol. The van der Waals surface area contributed by atoms with Gasteiger partial charge in [0.2, 0.25) is 0 Å². The number of rotatable bonds is 4. The fraction of sp³-hybridized carbons (Fsp3) is 0.0612. The van der Waals surface area contributed by atoms with Crippen molar-refractivity contribution in [3.63, 3.8) is 0 Å². The molecule has 9 aromatic rings. The second-order valence-corrected chi connectivity index (χ2v) is 14.2. The summed E-state index contributed by atoms with van der Waals surface area (Å²) in [6.45, 7) is 4.69. The molecule has 0 fully saturated rings. The van der Waals surface area contributed by atoms with Crippen LogP contribution in [0.4, 0.5) is 17.1 Å². The number of hydrogen-bond donors (Lipinski definition) is 0. The number of fused-ring (bicyclic) bond motifs is 9. The number of nitrogens with zero attached hydrogens (tertiary/aromatic N) is 1. The van der Waals surface area contributed by atoms with Crippen LogP contribution in [0.15, 0.2) is 176 Å². The summed E-state index contributed by atoms with van der Waals surface area (Å²) < 4.78 is 0. The maximum atomic E-state index is 2.42. The molecule has 0 radical (unpaired) electrons. The smallest absolute Gasteiger partial charge is 0.0468 e. The highest BCUT2D eigenvalue weighted by molar-refractivity contribution is 6.20. The standard InChI is InChI=1S/C49H35N/c1-49(2)46-14-8-7-13-44(46)45-31-41(26-28-47(45)49)50(39-23-21-33(22-24-39)37-19-15-32-9-3-4-11-36(32)29-37)40-25-27-43-38(30-40)20-18-35-17-16-34-10-5-6-12-42(34)48(35)43/h3-31H,1-2H3. The van der Waals surface area contributed by atoms with E-state index in [9.17, 15) is 0 Å². The molecule has 0 saturated carbocycles. The summed E-state index contributed by atoms with van der Waals surface area (Å²) in [4.78, 5) is 2.42. The van der Waals surface area contributed by atoms with Gasteiger partial charge in [-0.05, 0) is 119 Å². The summed E-state index contributed by atoms with van der Waals surface area (Å²) >= 11 is 0. The number of benzene rings is 9. The average molecular weight is 638 g/mol. The van der Waals surface area contributed by atoms with E-state index < -0.39 is 0 Å². The summed E-state index contributed by atoms with van der Waals surface area (Å²) in [5.74, 6) is 0. The molecule has 10 rings (SSSR count). The molecule has 0 spiro atoms. The van der Waals surface area contributed by atoms with Gasteiger partial charge < -0.3 is 4.90 Å². The lowest BCUT2D eigenvalue weighted by atomic mass is 9.82. The SMILES string of the molecule is CC1(C)c2ccccc2-c2cc(N(c3ccc(-c4ccc5ccccc5c4)cc3)c3ccc4c(ccc5ccc6ccccc6c54)c3)ccc21. The van der Waals surface area contributed by atoms with E-state index in [4.69, 9.17) is 0 Å². The van der Waals surface area contributed by atoms with Crippen LogP contribution in [-0.4, -0.2) is 0 Å². The Labute approximate surface area is 292 Å². The Kier molecular flexibility index (Phi) is 6.29. The van der Waals surface area contributed by atoms with Gasteiger partial charge in [0.25, 0.3) is 0 Å². The molecule has 0 bridgehead atoms. The summed E-state index contributed by atoms with van der Waals surface area (Å²) in [5.41, 5.74) is 11.2. The molecule has 9 aromatic carbocycles. The molecule has 1 aliphatic rings. The molecule has 236 valence electrons. The van der Waals surface area contributed by atoms with Gasteiger partial charge in [-0.15, -0.1) is 0 Å². The van der Waals surface area contributed by atoms with Crippen LogP contribution in [0.1, 0.15) is 25.0 Å². The van der Waals surface area contributed by atoms with Crippen LogP contribution in [0.5, 0.6) is 0 Å². The molecule has 0 amide bonds. The van der Waals surface area contributed by atoms with E-state index in [1.165, 1.54) is 76.5 Å². The van der Waals surface area contributed by atoms with Gasteiger partial charge in [-0.2, -0.15) is 0 Å². The molecule has 0 saturated heterocycles. The molecule has 0 aromatic heterocycles. The van der Waals surface area contributed by atoms with Crippen molar-refractivity contribution in [3.05, 3.63) is 187 Å². The largest absolute Gasteiger partial charge is 0.310 e. The van der Waals surface area contributed by atoms with Gasteiger partial charge >= 0.3 is 0 Å². The topological polar surface area (TPSA) is 3.24 Å². The molecule has 1 aliphatic carbocycles. The molecule has 0 unspecified atom stereocenters. The molecule has 0 aliphatic heterocycles. The second kappa shape index (κ2) is 10.9. The molecule has 50 heavy (non-hydrogen) atoms. The van der Waals surface area contributed by atoms with Crippen molar-refractivity contribution in [1.29, 1.82) is 0 Å². The summed E-state index contributed by atoms with van der Waals surface area (Å²) in [7, 11) is 0. The Balaban J connectivity index is 1.15. The zero-order chi connectivity index (χ0) is 33.4. The van der Waals surface area contributed by atoms with Gasteiger partial charge in [-0.1, -0.05) is 147 Å². The predicted octanol–water partition coefficient (Wildman–Crippen LogP) is 13.7. The molecular formula is C49H35N. The van der Waals surface area contributed by atoms with E-state index in [0.29, 0.717) is 0 Å². The van der Waals surface area contributed by atoms with Gasteiger partial charge in [0.1, 0.15) is 0 Å². The average Bonchev–Trinajstić information content (AvgIpc) is 3.40. The lowest BCUT2D eigenvalue weighted by Crippen LogP contribution is -2.15. The van der Waals surface area contributed by atoms with Crippen molar-refractivity contribution in [2.75, 3.05) is 4.90 Å². The maximum Gasteiger partial charge on any atom is 0.0468 e. The second-order valence-electron chi connectivity index (χ2n) is 14.2. The quantitative estimate of drug-likeness (QED) is 0.174. The summed E-state index contributed by atoms with van der Waals surface area (Å²) in [5, 5.41) is 10.2. The minimum atomic E-state index is -0.0381. The molecule has 0 atom stereocenters. The number of hydrogen-bond acceptors (Lipinski definition) is 1. The summed E-state index contributed by atoms with van der Waals surface area (Å²) in [6.07, 6.45) is 0. The van der Waals surface area contributed by atoms with E-state index in [1.807, 2.05) is 0 Å². The lowest BCUT2D eigenvalue weighted by Gasteiger charge is -2.28. The van der Waals surface area contributed by atoms with E-state index in [2.05, 4.69) is 195 Å². The van der Waals surface area contributed by atoms with Crippen molar-refractivity contribution < 1.29 is 0 Å². The van der Waals surface area contributed by atoms with E-state index in [-0.39, 0.29) is 5.41 Å². The Morgan fingerprint density at radius 3 is 1.80 bits per heavy atom. The Hall–Kier alpha value is -6.18. The van der Waals surface area contributed by atoms with Crippen molar-refractivity contribution >= 4 is 60.2 Å². The normalized spacial score (nSPS) is 13.2. The zero-order valence-corrected chi connectivity index (χ0v) is 28.2. The van der Waals surface area contributed by atoms with Crippen molar-refractivity contribution in [3.8, 4) is 22.3 Å². The van der Waals surface area contributed by atoms with E-state index in [1.54, 1.807) is 0 Å². The first-order chi connectivity index (χ1) is 24.5. The fourth-order valence-corrected chi connectivity index (χ4v) is 8.43. The van der Waals surface area contributed by atoms with Gasteiger partial charge in [0, 0.05) is 22.5 Å². The van der Waals surface area contributed by atoms with Crippen LogP contribution in [-0.2, 0) is 5.41 Å². The van der Waals surface area contributed by atoms with Crippen molar-refractivity contribution in [1.82, 2.24) is 0 Å². The van der Waals surface area contributed by atoms with Gasteiger partial charge in [-0.25, -0.2) is 0 Å². The van der Waals surface area contributed by atoms with Crippen LogP contribution in [0.2, 0.25) is 0 Å². The van der Waals surface area contributed by atoms with Crippen molar-refractivity contribution in [2.24, 2.45) is 0 Å². The van der Waals surface area contributed by atoms with Crippen LogP contribution >= 0.6 is 0 Å². The first-order valence-corrected chi connectivity index (χ1v) is 17.5. The molecular weight excluding hydrogens is 603 g/mol. The molecule has 0 heterocycles. The van der Waals surface area contributed by atoms with E-state index in [0.717, 1.165) is 17.1 Å². The minimum Gasteiger partial charge on any atom is -0.310 e. The highest BCUT2D eigenvalue weighted by atomic mass is 15.1. The molecule has 0 N–H and O–H groups in total. The highest BCUT2D eigenvalue weighted by Crippen LogP contribution is 2.51. The third-order valence-electron chi connectivity index (χ3n) is 11.0. The third-order valence-corrected chi connectivity index (χ3v) is 11.0. The Morgan fingerprint density at radius 2 is 0.940 bits per heavy atom. The molecule has 1 nitrogen and oxygen atoms in total. The van der Waals surface area contributed by atoms with Crippen LogP contribution in [0.3, 0.4) is 0 Å². The Morgan fingerprint density at radius 1 is 0.360 bits per heavy atom. The first kappa shape index (κ1) is 28.8. The zero-order valence-electron chi connectivity index (χ0n) is 28.2. The number of anilines is 3. The lowest BCUT2D eigenvalue weighted by molar-refractivity contribution is 0.660. The monoisotopic (exact) mass is 637 g/mol.